The molecule has 3 heteroatoms. The summed E-state index contributed by atoms with van der Waals surface area (Å²) in [7, 11) is 1.57. The second-order valence-corrected chi connectivity index (χ2v) is 4.68. The summed E-state index contributed by atoms with van der Waals surface area (Å²) < 4.78 is 6.22. The van der Waals surface area contributed by atoms with Gasteiger partial charge in [0, 0.05) is 11.6 Å². The zero-order valence-electron chi connectivity index (χ0n) is 9.00. The Morgan fingerprint density at radius 1 is 1.40 bits per heavy atom. The maximum absolute atomic E-state index is 10.8. The van der Waals surface area contributed by atoms with E-state index < -0.39 is 5.60 Å². The van der Waals surface area contributed by atoms with Gasteiger partial charge in [0.05, 0.1) is 0 Å². The molecular formula is C12H15BrO2. The van der Waals surface area contributed by atoms with Crippen LogP contribution in [0.2, 0.25) is 0 Å². The zero-order chi connectivity index (χ0) is 11.3. The third-order valence-electron chi connectivity index (χ3n) is 2.54. The van der Waals surface area contributed by atoms with Crippen LogP contribution in [0.5, 0.6) is 0 Å². The van der Waals surface area contributed by atoms with Crippen molar-refractivity contribution in [3.8, 4) is 0 Å². The molecule has 0 aliphatic rings. The number of benzene rings is 1. The minimum absolute atomic E-state index is 0.660. The van der Waals surface area contributed by atoms with Crippen molar-refractivity contribution in [1.82, 2.24) is 0 Å². The van der Waals surface area contributed by atoms with Gasteiger partial charge in [-0.2, -0.15) is 0 Å². The van der Waals surface area contributed by atoms with Crippen LogP contribution in [0.25, 0.3) is 0 Å². The summed E-state index contributed by atoms with van der Waals surface area (Å²) >= 11 is 3.38. The Hall–Kier alpha value is -0.670. The molecule has 0 N–H and O–H groups in total. The number of methoxy groups -OCH3 is 1. The Labute approximate surface area is 98.8 Å². The Morgan fingerprint density at radius 3 is 2.47 bits per heavy atom. The van der Waals surface area contributed by atoms with Gasteiger partial charge in [0.1, 0.15) is 5.60 Å². The van der Waals surface area contributed by atoms with Crippen LogP contribution >= 0.6 is 15.9 Å². The second-order valence-electron chi connectivity index (χ2n) is 3.76. The minimum atomic E-state index is -0.660. The van der Waals surface area contributed by atoms with Crippen molar-refractivity contribution < 1.29 is 9.53 Å². The van der Waals surface area contributed by atoms with Crippen LogP contribution in [0.15, 0.2) is 28.7 Å². The lowest BCUT2D eigenvalue weighted by Crippen LogP contribution is -2.29. The Balaban J connectivity index is 2.56. The molecule has 82 valence electrons. The number of halogens is 1. The molecule has 0 fully saturated rings. The van der Waals surface area contributed by atoms with Crippen LogP contribution in [0, 0.1) is 0 Å². The Bertz CT molecular complexity index is 321. The van der Waals surface area contributed by atoms with E-state index in [1.165, 1.54) is 5.56 Å². The van der Waals surface area contributed by atoms with E-state index in [1.807, 2.05) is 24.3 Å². The van der Waals surface area contributed by atoms with Crippen molar-refractivity contribution in [1.29, 1.82) is 0 Å². The first kappa shape index (κ1) is 12.4. The summed E-state index contributed by atoms with van der Waals surface area (Å²) in [6.07, 6.45) is 2.41. The average molecular weight is 271 g/mol. The first-order valence-corrected chi connectivity index (χ1v) is 5.65. The first-order valence-electron chi connectivity index (χ1n) is 4.85. The van der Waals surface area contributed by atoms with Gasteiger partial charge >= 0.3 is 0 Å². The van der Waals surface area contributed by atoms with Gasteiger partial charge < -0.3 is 9.53 Å². The third kappa shape index (κ3) is 3.76. The van der Waals surface area contributed by atoms with Gasteiger partial charge in [-0.05, 0) is 37.5 Å². The van der Waals surface area contributed by atoms with Crippen molar-refractivity contribution in [3.63, 3.8) is 0 Å². The number of rotatable bonds is 5. The van der Waals surface area contributed by atoms with Crippen LogP contribution in [-0.4, -0.2) is 19.0 Å². The van der Waals surface area contributed by atoms with Gasteiger partial charge in [-0.25, -0.2) is 0 Å². The summed E-state index contributed by atoms with van der Waals surface area (Å²) in [6.45, 7) is 1.80. The molecule has 2 nitrogen and oxygen atoms in total. The predicted octanol–water partition coefficient (Wildman–Crippen LogP) is 2.99. The highest BCUT2D eigenvalue weighted by molar-refractivity contribution is 9.10. The van der Waals surface area contributed by atoms with E-state index in [1.54, 1.807) is 14.0 Å². The monoisotopic (exact) mass is 270 g/mol. The molecule has 0 amide bonds. The van der Waals surface area contributed by atoms with Crippen LogP contribution < -0.4 is 0 Å². The highest BCUT2D eigenvalue weighted by Crippen LogP contribution is 2.17. The summed E-state index contributed by atoms with van der Waals surface area (Å²) in [5, 5.41) is 0. The molecule has 1 atom stereocenters. The summed E-state index contributed by atoms with van der Waals surface area (Å²) in [5.74, 6) is 0. The standard InChI is InChI=1S/C12H15BrO2/c1-12(9-14,15-2)8-7-10-3-5-11(13)6-4-10/h3-6,9H,7-8H2,1-2H3. The molecule has 0 bridgehead atoms. The van der Waals surface area contributed by atoms with E-state index in [2.05, 4.69) is 15.9 Å². The van der Waals surface area contributed by atoms with Gasteiger partial charge in [0.2, 0.25) is 0 Å². The maximum atomic E-state index is 10.8. The fourth-order valence-corrected chi connectivity index (χ4v) is 1.52. The molecule has 0 aromatic heterocycles. The van der Waals surface area contributed by atoms with Gasteiger partial charge in [0.15, 0.2) is 6.29 Å². The maximum Gasteiger partial charge on any atom is 0.151 e. The van der Waals surface area contributed by atoms with E-state index in [0.717, 1.165) is 17.2 Å². The summed E-state index contributed by atoms with van der Waals surface area (Å²) in [5.41, 5.74) is 0.552. The molecule has 0 heterocycles. The molecular weight excluding hydrogens is 256 g/mol. The van der Waals surface area contributed by atoms with Gasteiger partial charge in [0.25, 0.3) is 0 Å². The lowest BCUT2D eigenvalue weighted by molar-refractivity contribution is -0.126. The first-order chi connectivity index (χ1) is 7.09. The molecule has 1 aromatic carbocycles. The summed E-state index contributed by atoms with van der Waals surface area (Å²) in [6, 6.07) is 8.09. The van der Waals surface area contributed by atoms with Crippen molar-refractivity contribution in [3.05, 3.63) is 34.3 Å². The van der Waals surface area contributed by atoms with E-state index in [-0.39, 0.29) is 0 Å². The number of aryl methyl sites for hydroxylation is 1. The normalized spacial score (nSPS) is 14.6. The number of ether oxygens (including phenoxy) is 1. The molecule has 0 spiro atoms. The number of aldehydes is 1. The molecule has 1 aromatic rings. The molecule has 0 saturated heterocycles. The Kier molecular flexibility index (Phi) is 4.48. The molecule has 1 rings (SSSR count). The number of carbonyl (C=O) groups is 1. The lowest BCUT2D eigenvalue weighted by Gasteiger charge is -2.20. The zero-order valence-corrected chi connectivity index (χ0v) is 10.6. The number of carbonyl (C=O) groups excluding carboxylic acids is 1. The fraction of sp³-hybridized carbons (Fsp3) is 0.417. The SMILES string of the molecule is COC(C)(C=O)CCc1ccc(Br)cc1. The molecule has 0 saturated carbocycles. The van der Waals surface area contributed by atoms with Crippen LogP contribution in [0.1, 0.15) is 18.9 Å². The highest BCUT2D eigenvalue weighted by atomic mass is 79.9. The van der Waals surface area contributed by atoms with Crippen LogP contribution in [-0.2, 0) is 16.0 Å². The third-order valence-corrected chi connectivity index (χ3v) is 3.07. The molecule has 1 unspecified atom stereocenters. The Morgan fingerprint density at radius 2 is 2.00 bits per heavy atom. The van der Waals surface area contributed by atoms with Crippen LogP contribution in [0.3, 0.4) is 0 Å². The lowest BCUT2D eigenvalue weighted by atomic mass is 9.98. The van der Waals surface area contributed by atoms with E-state index in [4.69, 9.17) is 4.74 Å². The number of hydrogen-bond acceptors (Lipinski definition) is 2. The van der Waals surface area contributed by atoms with Gasteiger partial charge in [-0.1, -0.05) is 28.1 Å². The predicted molar refractivity (Wildman–Crippen MR) is 63.9 cm³/mol. The van der Waals surface area contributed by atoms with E-state index >= 15 is 0 Å². The highest BCUT2D eigenvalue weighted by Gasteiger charge is 2.21. The molecule has 0 aliphatic carbocycles. The minimum Gasteiger partial charge on any atom is -0.371 e. The molecule has 0 aliphatic heterocycles. The second kappa shape index (κ2) is 5.42. The van der Waals surface area contributed by atoms with Crippen molar-refractivity contribution in [2.75, 3.05) is 7.11 Å². The van der Waals surface area contributed by atoms with Gasteiger partial charge in [-0.15, -0.1) is 0 Å². The van der Waals surface area contributed by atoms with Crippen molar-refractivity contribution in [2.24, 2.45) is 0 Å². The molecule has 0 radical (unpaired) electrons. The number of hydrogen-bond donors (Lipinski definition) is 0. The van der Waals surface area contributed by atoms with E-state index in [0.29, 0.717) is 6.42 Å². The average Bonchev–Trinajstić information content (AvgIpc) is 2.28. The topological polar surface area (TPSA) is 26.3 Å². The quantitative estimate of drug-likeness (QED) is 0.769. The molecule has 15 heavy (non-hydrogen) atoms. The van der Waals surface area contributed by atoms with Crippen molar-refractivity contribution >= 4 is 22.2 Å². The van der Waals surface area contributed by atoms with Gasteiger partial charge in [-0.3, -0.25) is 0 Å². The largest absolute Gasteiger partial charge is 0.371 e. The fourth-order valence-electron chi connectivity index (χ4n) is 1.25. The van der Waals surface area contributed by atoms with E-state index in [9.17, 15) is 4.79 Å². The smallest absolute Gasteiger partial charge is 0.151 e. The summed E-state index contributed by atoms with van der Waals surface area (Å²) in [4.78, 5) is 10.8. The van der Waals surface area contributed by atoms with Crippen molar-refractivity contribution in [2.45, 2.75) is 25.4 Å². The van der Waals surface area contributed by atoms with Crippen LogP contribution in [0.4, 0.5) is 0 Å².